The molecule has 1 rings (SSSR count). The molecule has 0 spiro atoms. The van der Waals surface area contributed by atoms with E-state index in [1.807, 2.05) is 0 Å². The number of aliphatic hydroxyl groups excluding tert-OH is 1. The van der Waals surface area contributed by atoms with Crippen LogP contribution in [-0.4, -0.2) is 42.5 Å². The number of amides is 1. The normalized spacial score (nSPS) is 10.0. The van der Waals surface area contributed by atoms with Crippen molar-refractivity contribution in [3.8, 4) is 11.8 Å². The lowest BCUT2D eigenvalue weighted by Crippen LogP contribution is -2.31. The molecule has 0 fully saturated rings. The van der Waals surface area contributed by atoms with Gasteiger partial charge < -0.3 is 10.0 Å². The molecule has 0 aromatic heterocycles. The van der Waals surface area contributed by atoms with Crippen LogP contribution in [-0.2, 0) is 0 Å². The summed E-state index contributed by atoms with van der Waals surface area (Å²) in [6.07, 6.45) is -2.56. The third kappa shape index (κ3) is 4.34. The van der Waals surface area contributed by atoms with Gasteiger partial charge in [-0.25, -0.2) is 8.78 Å². The largest absolute Gasteiger partial charge is 0.384 e. The number of carbonyl (C=O) groups excluding carboxylic acids is 1. The van der Waals surface area contributed by atoms with Crippen molar-refractivity contribution in [3.05, 3.63) is 34.9 Å². The molecule has 3 nitrogen and oxygen atoms in total. The van der Waals surface area contributed by atoms with E-state index in [4.69, 9.17) is 5.11 Å². The van der Waals surface area contributed by atoms with Crippen molar-refractivity contribution in [1.82, 2.24) is 4.90 Å². The van der Waals surface area contributed by atoms with Crippen molar-refractivity contribution in [2.24, 2.45) is 0 Å². The first-order chi connectivity index (χ1) is 8.95. The van der Waals surface area contributed by atoms with Crippen LogP contribution in [0.1, 0.15) is 21.5 Å². The molecule has 0 aliphatic carbocycles. The van der Waals surface area contributed by atoms with Crippen LogP contribution >= 0.6 is 0 Å². The van der Waals surface area contributed by atoms with Gasteiger partial charge in [-0.15, -0.1) is 0 Å². The molecule has 0 bridgehead atoms. The molecule has 1 aromatic carbocycles. The molecule has 1 N–H and O–H groups in total. The summed E-state index contributed by atoms with van der Waals surface area (Å²) in [6, 6.07) is 4.95. The summed E-state index contributed by atoms with van der Waals surface area (Å²) in [5.74, 6) is 4.68. The van der Waals surface area contributed by atoms with E-state index in [2.05, 4.69) is 11.8 Å². The first kappa shape index (κ1) is 15.1. The van der Waals surface area contributed by atoms with Crippen molar-refractivity contribution >= 4 is 5.91 Å². The van der Waals surface area contributed by atoms with E-state index in [0.717, 1.165) is 4.90 Å². The van der Waals surface area contributed by atoms with E-state index < -0.39 is 18.9 Å². The van der Waals surface area contributed by atoms with Gasteiger partial charge in [0.25, 0.3) is 12.3 Å². The van der Waals surface area contributed by atoms with Crippen molar-refractivity contribution in [2.75, 3.05) is 20.2 Å². The summed E-state index contributed by atoms with van der Waals surface area (Å²) >= 11 is 0. The lowest BCUT2D eigenvalue weighted by molar-refractivity contribution is 0.0619. The minimum atomic E-state index is -2.56. The Morgan fingerprint density at radius 1 is 1.47 bits per heavy atom. The maximum Gasteiger partial charge on any atom is 0.255 e. The Balaban J connectivity index is 3.01. The SMILES string of the molecule is Cc1ccc(C#CCO)cc1C(=O)N(C)CC(F)F. The zero-order valence-corrected chi connectivity index (χ0v) is 10.8. The topological polar surface area (TPSA) is 40.5 Å². The van der Waals surface area contributed by atoms with Gasteiger partial charge in [-0.05, 0) is 24.6 Å². The van der Waals surface area contributed by atoms with E-state index in [-0.39, 0.29) is 6.61 Å². The highest BCUT2D eigenvalue weighted by Gasteiger charge is 2.17. The van der Waals surface area contributed by atoms with Gasteiger partial charge in [0, 0.05) is 18.2 Å². The number of hydrogen-bond donors (Lipinski definition) is 1. The number of alkyl halides is 2. The van der Waals surface area contributed by atoms with E-state index in [0.29, 0.717) is 16.7 Å². The van der Waals surface area contributed by atoms with E-state index in [9.17, 15) is 13.6 Å². The Morgan fingerprint density at radius 2 is 2.16 bits per heavy atom. The molecule has 0 aliphatic heterocycles. The Morgan fingerprint density at radius 3 is 2.74 bits per heavy atom. The van der Waals surface area contributed by atoms with Gasteiger partial charge in [0.05, 0.1) is 6.54 Å². The molecule has 0 saturated carbocycles. The Kier molecular flexibility index (Phi) is 5.46. The molecule has 0 radical (unpaired) electrons. The van der Waals surface area contributed by atoms with Gasteiger partial charge in [0.2, 0.25) is 0 Å². The molecule has 0 atom stereocenters. The molecule has 19 heavy (non-hydrogen) atoms. The zero-order valence-electron chi connectivity index (χ0n) is 10.8. The Bertz CT molecular complexity index is 518. The number of benzene rings is 1. The quantitative estimate of drug-likeness (QED) is 0.846. The minimum Gasteiger partial charge on any atom is -0.384 e. The van der Waals surface area contributed by atoms with Gasteiger partial charge in [-0.1, -0.05) is 17.9 Å². The number of aliphatic hydroxyl groups is 1. The van der Waals surface area contributed by atoms with Gasteiger partial charge in [0.15, 0.2) is 0 Å². The summed E-state index contributed by atoms with van der Waals surface area (Å²) < 4.78 is 24.5. The summed E-state index contributed by atoms with van der Waals surface area (Å²) in [4.78, 5) is 13.0. The number of carbonyl (C=O) groups is 1. The third-order valence-electron chi connectivity index (χ3n) is 2.54. The fourth-order valence-electron chi connectivity index (χ4n) is 1.57. The third-order valence-corrected chi connectivity index (χ3v) is 2.54. The fraction of sp³-hybridized carbons (Fsp3) is 0.357. The summed E-state index contributed by atoms with van der Waals surface area (Å²) in [5.41, 5.74) is 1.60. The summed E-state index contributed by atoms with van der Waals surface area (Å²) in [5, 5.41) is 8.62. The molecule has 1 aromatic rings. The van der Waals surface area contributed by atoms with Crippen molar-refractivity contribution in [2.45, 2.75) is 13.3 Å². The van der Waals surface area contributed by atoms with Gasteiger partial charge in [-0.2, -0.15) is 0 Å². The fourth-order valence-corrected chi connectivity index (χ4v) is 1.57. The van der Waals surface area contributed by atoms with E-state index in [1.165, 1.54) is 7.05 Å². The smallest absolute Gasteiger partial charge is 0.255 e. The molecule has 1 amide bonds. The zero-order chi connectivity index (χ0) is 14.4. The lowest BCUT2D eigenvalue weighted by Gasteiger charge is -2.17. The van der Waals surface area contributed by atoms with Crippen LogP contribution in [0, 0.1) is 18.8 Å². The summed E-state index contributed by atoms with van der Waals surface area (Å²) in [6.45, 7) is 0.847. The number of hydrogen-bond acceptors (Lipinski definition) is 2. The highest BCUT2D eigenvalue weighted by Crippen LogP contribution is 2.13. The molecule has 5 heteroatoms. The van der Waals surface area contributed by atoms with Crippen LogP contribution in [0.5, 0.6) is 0 Å². The molecular weight excluding hydrogens is 252 g/mol. The molecule has 0 unspecified atom stereocenters. The first-order valence-electron chi connectivity index (χ1n) is 5.69. The minimum absolute atomic E-state index is 0.275. The van der Waals surface area contributed by atoms with Crippen LogP contribution in [0.2, 0.25) is 0 Å². The Labute approximate surface area is 110 Å². The van der Waals surface area contributed by atoms with Crippen LogP contribution in [0.4, 0.5) is 8.78 Å². The Hall–Kier alpha value is -1.93. The van der Waals surface area contributed by atoms with Crippen LogP contribution < -0.4 is 0 Å². The molecule has 0 heterocycles. The van der Waals surface area contributed by atoms with Gasteiger partial charge >= 0.3 is 0 Å². The first-order valence-corrected chi connectivity index (χ1v) is 5.69. The monoisotopic (exact) mass is 267 g/mol. The second kappa shape index (κ2) is 6.86. The standard InChI is InChI=1S/C14H15F2NO2/c1-10-5-6-11(4-3-7-18)8-12(10)14(19)17(2)9-13(15)16/h5-6,8,13,18H,7,9H2,1-2H3. The lowest BCUT2D eigenvalue weighted by atomic mass is 10.0. The highest BCUT2D eigenvalue weighted by molar-refractivity contribution is 5.95. The number of aryl methyl sites for hydroxylation is 1. The predicted octanol–water partition coefficient (Wildman–Crippen LogP) is 1.68. The highest BCUT2D eigenvalue weighted by atomic mass is 19.3. The predicted molar refractivity (Wildman–Crippen MR) is 68.1 cm³/mol. The van der Waals surface area contributed by atoms with Crippen LogP contribution in [0.15, 0.2) is 18.2 Å². The van der Waals surface area contributed by atoms with Crippen molar-refractivity contribution in [3.63, 3.8) is 0 Å². The second-order valence-electron chi connectivity index (χ2n) is 4.07. The van der Waals surface area contributed by atoms with E-state index in [1.54, 1.807) is 25.1 Å². The molecule has 0 aliphatic rings. The van der Waals surface area contributed by atoms with Crippen LogP contribution in [0.3, 0.4) is 0 Å². The number of rotatable bonds is 3. The van der Waals surface area contributed by atoms with Gasteiger partial charge in [0.1, 0.15) is 6.61 Å². The second-order valence-corrected chi connectivity index (χ2v) is 4.07. The van der Waals surface area contributed by atoms with E-state index >= 15 is 0 Å². The van der Waals surface area contributed by atoms with Crippen LogP contribution in [0.25, 0.3) is 0 Å². The number of halogens is 2. The molecule has 102 valence electrons. The van der Waals surface area contributed by atoms with Gasteiger partial charge in [-0.3, -0.25) is 4.79 Å². The molecule has 0 saturated heterocycles. The van der Waals surface area contributed by atoms with Crippen molar-refractivity contribution < 1.29 is 18.7 Å². The maximum absolute atomic E-state index is 12.3. The summed E-state index contributed by atoms with van der Waals surface area (Å²) in [7, 11) is 1.33. The van der Waals surface area contributed by atoms with Crippen molar-refractivity contribution in [1.29, 1.82) is 0 Å². The average molecular weight is 267 g/mol. The average Bonchev–Trinajstić information content (AvgIpc) is 2.36. The maximum atomic E-state index is 12.3. The molecular formula is C14H15F2NO2. The number of nitrogens with zero attached hydrogens (tertiary/aromatic N) is 1.